The average molecular weight is 408 g/mol. The van der Waals surface area contributed by atoms with Crippen LogP contribution in [0.1, 0.15) is 25.3 Å². The summed E-state index contributed by atoms with van der Waals surface area (Å²) in [7, 11) is 0. The maximum absolute atomic E-state index is 12.5. The highest BCUT2D eigenvalue weighted by Gasteiger charge is 2.26. The van der Waals surface area contributed by atoms with Gasteiger partial charge in [-0.15, -0.1) is 6.58 Å². The van der Waals surface area contributed by atoms with Gasteiger partial charge in [0.15, 0.2) is 5.82 Å². The molecular formula is C23H29N5O2. The molecule has 0 spiro atoms. The van der Waals surface area contributed by atoms with Crippen LogP contribution in [0.2, 0.25) is 0 Å². The van der Waals surface area contributed by atoms with E-state index in [4.69, 9.17) is 0 Å². The van der Waals surface area contributed by atoms with E-state index in [2.05, 4.69) is 39.3 Å². The van der Waals surface area contributed by atoms with Crippen molar-refractivity contribution in [3.05, 3.63) is 60.8 Å². The first-order chi connectivity index (χ1) is 14.6. The van der Waals surface area contributed by atoms with Crippen LogP contribution in [0.15, 0.2) is 55.3 Å². The molecule has 0 atom stereocenters. The number of carbonyl (C=O) groups excluding carboxylic acids is 2. The lowest BCUT2D eigenvalue weighted by Crippen LogP contribution is -2.41. The Balaban J connectivity index is 1.60. The SMILES string of the molecule is C=CCNC(=O)C1CCN(c2ncccc2NC(=O)Nc2ccc(CC)cc2)CC1. The van der Waals surface area contributed by atoms with E-state index in [0.29, 0.717) is 25.3 Å². The van der Waals surface area contributed by atoms with Gasteiger partial charge in [-0.1, -0.05) is 25.1 Å². The molecule has 1 aromatic heterocycles. The molecule has 2 heterocycles. The highest BCUT2D eigenvalue weighted by atomic mass is 16.2. The first-order valence-corrected chi connectivity index (χ1v) is 10.4. The lowest BCUT2D eigenvalue weighted by Gasteiger charge is -2.33. The van der Waals surface area contributed by atoms with Crippen LogP contribution in [0.4, 0.5) is 22.0 Å². The van der Waals surface area contributed by atoms with Gasteiger partial charge in [-0.2, -0.15) is 0 Å². The predicted octanol–water partition coefficient (Wildman–Crippen LogP) is 3.81. The van der Waals surface area contributed by atoms with Crippen LogP contribution < -0.4 is 20.9 Å². The van der Waals surface area contributed by atoms with E-state index in [-0.39, 0.29) is 17.9 Å². The number of pyridine rings is 1. The van der Waals surface area contributed by atoms with Crippen LogP contribution in [-0.4, -0.2) is 36.6 Å². The molecule has 3 amide bonds. The van der Waals surface area contributed by atoms with E-state index in [1.54, 1.807) is 18.3 Å². The zero-order chi connectivity index (χ0) is 21.3. The molecule has 2 aromatic rings. The minimum absolute atomic E-state index is 0.00397. The maximum Gasteiger partial charge on any atom is 0.323 e. The number of aryl methyl sites for hydroxylation is 1. The molecule has 7 heteroatoms. The summed E-state index contributed by atoms with van der Waals surface area (Å²) in [5, 5.41) is 8.63. The number of rotatable bonds is 7. The second-order valence-corrected chi connectivity index (χ2v) is 7.30. The van der Waals surface area contributed by atoms with Crippen molar-refractivity contribution >= 4 is 29.1 Å². The summed E-state index contributed by atoms with van der Waals surface area (Å²) in [6, 6.07) is 11.1. The van der Waals surface area contributed by atoms with E-state index >= 15 is 0 Å². The number of amides is 3. The normalized spacial score (nSPS) is 14.1. The molecule has 0 aliphatic carbocycles. The third-order valence-corrected chi connectivity index (χ3v) is 5.24. The molecule has 0 radical (unpaired) electrons. The summed E-state index contributed by atoms with van der Waals surface area (Å²) >= 11 is 0. The highest BCUT2D eigenvalue weighted by molar-refractivity contribution is 6.01. The summed E-state index contributed by atoms with van der Waals surface area (Å²) < 4.78 is 0. The largest absolute Gasteiger partial charge is 0.355 e. The fourth-order valence-corrected chi connectivity index (χ4v) is 3.53. The number of nitrogens with one attached hydrogen (secondary N) is 3. The monoisotopic (exact) mass is 407 g/mol. The topological polar surface area (TPSA) is 86.4 Å². The van der Waals surface area contributed by atoms with E-state index < -0.39 is 0 Å². The smallest absolute Gasteiger partial charge is 0.323 e. The van der Waals surface area contributed by atoms with Crippen molar-refractivity contribution in [3.8, 4) is 0 Å². The molecule has 1 aliphatic rings. The minimum atomic E-state index is -0.313. The van der Waals surface area contributed by atoms with Crippen molar-refractivity contribution in [1.82, 2.24) is 10.3 Å². The second kappa shape index (κ2) is 10.4. The Kier molecular flexibility index (Phi) is 7.43. The van der Waals surface area contributed by atoms with Crippen molar-refractivity contribution in [2.45, 2.75) is 26.2 Å². The van der Waals surface area contributed by atoms with Gasteiger partial charge < -0.3 is 20.9 Å². The van der Waals surface area contributed by atoms with Crippen LogP contribution in [0.3, 0.4) is 0 Å². The summed E-state index contributed by atoms with van der Waals surface area (Å²) in [4.78, 5) is 31.2. The number of benzene rings is 1. The Morgan fingerprint density at radius 1 is 1.17 bits per heavy atom. The zero-order valence-corrected chi connectivity index (χ0v) is 17.4. The Bertz CT molecular complexity index is 873. The standard InChI is InChI=1S/C23H29N5O2/c1-3-13-25-22(29)18-11-15-28(16-12-18)21-20(6-5-14-24-21)27-23(30)26-19-9-7-17(4-2)8-10-19/h3,5-10,14,18H,1,4,11-13,15-16H2,2H3,(H,25,29)(H2,26,27,30). The average Bonchev–Trinajstić information content (AvgIpc) is 2.78. The summed E-state index contributed by atoms with van der Waals surface area (Å²) in [5.41, 5.74) is 2.60. The van der Waals surface area contributed by atoms with Gasteiger partial charge in [0.25, 0.3) is 0 Å². The maximum atomic E-state index is 12.5. The summed E-state index contributed by atoms with van der Waals surface area (Å²) in [6.45, 7) is 7.62. The molecule has 30 heavy (non-hydrogen) atoms. The third-order valence-electron chi connectivity index (χ3n) is 5.24. The van der Waals surface area contributed by atoms with E-state index in [0.717, 1.165) is 30.8 Å². The van der Waals surface area contributed by atoms with Gasteiger partial charge in [0.05, 0.1) is 5.69 Å². The molecule has 1 aliphatic heterocycles. The second-order valence-electron chi connectivity index (χ2n) is 7.30. The Morgan fingerprint density at radius 3 is 2.57 bits per heavy atom. The van der Waals surface area contributed by atoms with Crippen LogP contribution in [0.25, 0.3) is 0 Å². The zero-order valence-electron chi connectivity index (χ0n) is 17.4. The van der Waals surface area contributed by atoms with Gasteiger partial charge in [-0.05, 0) is 49.1 Å². The van der Waals surface area contributed by atoms with Crippen molar-refractivity contribution in [3.63, 3.8) is 0 Å². The number of hydrogen-bond donors (Lipinski definition) is 3. The van der Waals surface area contributed by atoms with Gasteiger partial charge in [0.2, 0.25) is 5.91 Å². The lowest BCUT2D eigenvalue weighted by atomic mass is 9.96. The molecule has 1 fully saturated rings. The lowest BCUT2D eigenvalue weighted by molar-refractivity contribution is -0.125. The first-order valence-electron chi connectivity index (χ1n) is 10.4. The van der Waals surface area contributed by atoms with Crippen LogP contribution >= 0.6 is 0 Å². The number of urea groups is 1. The fraction of sp³-hybridized carbons (Fsp3) is 0.348. The van der Waals surface area contributed by atoms with Crippen molar-refractivity contribution in [2.75, 3.05) is 35.2 Å². The van der Waals surface area contributed by atoms with E-state index in [1.807, 2.05) is 30.3 Å². The van der Waals surface area contributed by atoms with Crippen LogP contribution in [0.5, 0.6) is 0 Å². The number of carbonyl (C=O) groups is 2. The number of aromatic nitrogens is 1. The van der Waals surface area contributed by atoms with Crippen LogP contribution in [0, 0.1) is 5.92 Å². The number of piperidine rings is 1. The van der Waals surface area contributed by atoms with Gasteiger partial charge in [-0.25, -0.2) is 9.78 Å². The van der Waals surface area contributed by atoms with Crippen molar-refractivity contribution in [2.24, 2.45) is 5.92 Å². The highest BCUT2D eigenvalue weighted by Crippen LogP contribution is 2.28. The molecule has 158 valence electrons. The molecule has 0 bridgehead atoms. The Labute approximate surface area is 177 Å². The number of hydrogen-bond acceptors (Lipinski definition) is 4. The van der Waals surface area contributed by atoms with Gasteiger partial charge in [0.1, 0.15) is 0 Å². The predicted molar refractivity (Wildman–Crippen MR) is 121 cm³/mol. The number of anilines is 3. The van der Waals surface area contributed by atoms with Crippen LogP contribution in [-0.2, 0) is 11.2 Å². The van der Waals surface area contributed by atoms with E-state index in [9.17, 15) is 9.59 Å². The van der Waals surface area contributed by atoms with Crippen molar-refractivity contribution in [1.29, 1.82) is 0 Å². The van der Waals surface area contributed by atoms with E-state index in [1.165, 1.54) is 5.56 Å². The van der Waals surface area contributed by atoms with Gasteiger partial charge >= 0.3 is 6.03 Å². The minimum Gasteiger partial charge on any atom is -0.355 e. The Morgan fingerprint density at radius 2 is 1.90 bits per heavy atom. The molecule has 7 nitrogen and oxygen atoms in total. The quantitative estimate of drug-likeness (QED) is 0.609. The van der Waals surface area contributed by atoms with Gasteiger partial charge in [0, 0.05) is 37.4 Å². The molecule has 3 rings (SSSR count). The third kappa shape index (κ3) is 5.59. The molecule has 1 aromatic carbocycles. The van der Waals surface area contributed by atoms with Gasteiger partial charge in [-0.3, -0.25) is 4.79 Å². The Hall–Kier alpha value is -3.35. The number of nitrogens with zero attached hydrogens (tertiary/aromatic N) is 2. The van der Waals surface area contributed by atoms with Crippen molar-refractivity contribution < 1.29 is 9.59 Å². The summed E-state index contributed by atoms with van der Waals surface area (Å²) in [6.07, 6.45) is 5.84. The molecule has 1 saturated heterocycles. The summed E-state index contributed by atoms with van der Waals surface area (Å²) in [5.74, 6) is 0.789. The molecule has 0 unspecified atom stereocenters. The molecule has 0 saturated carbocycles. The molecule has 3 N–H and O–H groups in total. The molecular weight excluding hydrogens is 378 g/mol. The first kappa shape index (κ1) is 21.4. The fourth-order valence-electron chi connectivity index (χ4n) is 3.53.